The quantitative estimate of drug-likeness (QED) is 0.759. The van der Waals surface area contributed by atoms with Gasteiger partial charge in [0.25, 0.3) is 5.91 Å². The first-order valence-corrected chi connectivity index (χ1v) is 5.71. The molecular formula is C13H20N2O2. The maximum atomic E-state index is 11.9. The van der Waals surface area contributed by atoms with E-state index in [1.54, 1.807) is 19.2 Å². The smallest absolute Gasteiger partial charge is 0.255 e. The molecule has 0 spiro atoms. The van der Waals surface area contributed by atoms with Gasteiger partial charge >= 0.3 is 0 Å². The number of carbonyl (C=O) groups excluding carboxylic acids is 1. The Morgan fingerprint density at radius 1 is 1.35 bits per heavy atom. The molecule has 1 amide bonds. The van der Waals surface area contributed by atoms with Crippen LogP contribution in [0.15, 0.2) is 24.3 Å². The summed E-state index contributed by atoms with van der Waals surface area (Å²) >= 11 is 0. The molecule has 0 aliphatic rings. The van der Waals surface area contributed by atoms with Gasteiger partial charge in [0.05, 0.1) is 12.7 Å². The fraction of sp³-hybridized carbons (Fsp3) is 0.462. The van der Waals surface area contributed by atoms with Crippen LogP contribution in [0, 0.1) is 0 Å². The minimum Gasteiger partial charge on any atom is -0.496 e. The van der Waals surface area contributed by atoms with Crippen LogP contribution < -0.4 is 10.1 Å². The molecule has 1 aromatic rings. The lowest BCUT2D eigenvalue weighted by Crippen LogP contribution is -2.27. The normalized spacial score (nSPS) is 10.4. The Labute approximate surface area is 103 Å². The van der Waals surface area contributed by atoms with Gasteiger partial charge in [0, 0.05) is 6.54 Å². The molecule has 0 atom stereocenters. The maximum Gasteiger partial charge on any atom is 0.255 e. The molecule has 0 saturated heterocycles. The highest BCUT2D eigenvalue weighted by molar-refractivity contribution is 5.96. The van der Waals surface area contributed by atoms with Crippen molar-refractivity contribution in [3.63, 3.8) is 0 Å². The Morgan fingerprint density at radius 3 is 2.71 bits per heavy atom. The summed E-state index contributed by atoms with van der Waals surface area (Å²) in [5, 5.41) is 2.88. The molecule has 0 radical (unpaired) electrons. The van der Waals surface area contributed by atoms with Gasteiger partial charge in [0.2, 0.25) is 0 Å². The van der Waals surface area contributed by atoms with Crippen molar-refractivity contribution in [1.29, 1.82) is 0 Å². The fourth-order valence-corrected chi connectivity index (χ4v) is 1.52. The molecule has 0 aliphatic carbocycles. The van der Waals surface area contributed by atoms with E-state index in [0.29, 0.717) is 17.9 Å². The van der Waals surface area contributed by atoms with Crippen LogP contribution in [0.4, 0.5) is 0 Å². The van der Waals surface area contributed by atoms with Gasteiger partial charge in [-0.05, 0) is 39.2 Å². The molecular weight excluding hydrogens is 216 g/mol. The molecule has 1 rings (SSSR count). The van der Waals surface area contributed by atoms with Gasteiger partial charge in [-0.3, -0.25) is 4.79 Å². The number of methoxy groups -OCH3 is 1. The van der Waals surface area contributed by atoms with Crippen LogP contribution in [0.3, 0.4) is 0 Å². The molecule has 1 aromatic carbocycles. The molecule has 0 saturated carbocycles. The second kappa shape index (κ2) is 6.91. The molecule has 17 heavy (non-hydrogen) atoms. The number of benzene rings is 1. The molecule has 0 aromatic heterocycles. The van der Waals surface area contributed by atoms with Gasteiger partial charge < -0.3 is 15.0 Å². The van der Waals surface area contributed by atoms with Crippen LogP contribution in [0.25, 0.3) is 0 Å². The largest absolute Gasteiger partial charge is 0.496 e. The van der Waals surface area contributed by atoms with Crippen LogP contribution in [0.1, 0.15) is 16.8 Å². The first-order chi connectivity index (χ1) is 8.15. The molecule has 0 fully saturated rings. The van der Waals surface area contributed by atoms with E-state index in [2.05, 4.69) is 10.2 Å². The molecule has 0 bridgehead atoms. The lowest BCUT2D eigenvalue weighted by molar-refractivity contribution is 0.0949. The van der Waals surface area contributed by atoms with Crippen molar-refractivity contribution in [2.75, 3.05) is 34.3 Å². The van der Waals surface area contributed by atoms with Gasteiger partial charge in [-0.15, -0.1) is 0 Å². The lowest BCUT2D eigenvalue weighted by Gasteiger charge is -2.11. The Balaban J connectivity index is 2.47. The zero-order valence-electron chi connectivity index (χ0n) is 10.7. The van der Waals surface area contributed by atoms with E-state index in [1.807, 2.05) is 26.2 Å². The lowest BCUT2D eigenvalue weighted by atomic mass is 10.2. The average Bonchev–Trinajstić information content (AvgIpc) is 2.34. The zero-order valence-corrected chi connectivity index (χ0v) is 10.7. The monoisotopic (exact) mass is 236 g/mol. The van der Waals surface area contributed by atoms with Crippen LogP contribution in [0.2, 0.25) is 0 Å². The predicted molar refractivity (Wildman–Crippen MR) is 68.5 cm³/mol. The second-order valence-corrected chi connectivity index (χ2v) is 4.11. The highest BCUT2D eigenvalue weighted by atomic mass is 16.5. The third-order valence-corrected chi connectivity index (χ3v) is 2.42. The number of hydrogen-bond donors (Lipinski definition) is 1. The SMILES string of the molecule is COc1ccccc1C(=O)NCCCN(C)C. The van der Waals surface area contributed by atoms with E-state index < -0.39 is 0 Å². The van der Waals surface area contributed by atoms with E-state index in [9.17, 15) is 4.79 Å². The van der Waals surface area contributed by atoms with Gasteiger partial charge in [-0.25, -0.2) is 0 Å². The standard InChI is InChI=1S/C13H20N2O2/c1-15(2)10-6-9-14-13(16)11-7-4-5-8-12(11)17-3/h4-5,7-8H,6,9-10H2,1-3H3,(H,14,16). The third-order valence-electron chi connectivity index (χ3n) is 2.42. The minimum atomic E-state index is -0.0822. The van der Waals surface area contributed by atoms with Crippen molar-refractivity contribution in [1.82, 2.24) is 10.2 Å². The van der Waals surface area contributed by atoms with Gasteiger partial charge in [0.15, 0.2) is 0 Å². The number of ether oxygens (including phenoxy) is 1. The summed E-state index contributed by atoms with van der Waals surface area (Å²) < 4.78 is 5.14. The first-order valence-electron chi connectivity index (χ1n) is 5.71. The number of nitrogens with zero attached hydrogens (tertiary/aromatic N) is 1. The molecule has 0 aliphatic heterocycles. The van der Waals surface area contributed by atoms with Crippen molar-refractivity contribution in [2.24, 2.45) is 0 Å². The number of para-hydroxylation sites is 1. The summed E-state index contributed by atoms with van der Waals surface area (Å²) in [6, 6.07) is 7.23. The molecule has 4 nitrogen and oxygen atoms in total. The molecule has 4 heteroatoms. The van der Waals surface area contributed by atoms with Gasteiger partial charge in [-0.2, -0.15) is 0 Å². The van der Waals surface area contributed by atoms with Crippen LogP contribution in [-0.4, -0.2) is 45.1 Å². The highest BCUT2D eigenvalue weighted by Gasteiger charge is 2.10. The summed E-state index contributed by atoms with van der Waals surface area (Å²) in [6.45, 7) is 1.64. The van der Waals surface area contributed by atoms with Crippen molar-refractivity contribution < 1.29 is 9.53 Å². The van der Waals surface area contributed by atoms with Gasteiger partial charge in [0.1, 0.15) is 5.75 Å². The number of amides is 1. The van der Waals surface area contributed by atoms with Gasteiger partial charge in [-0.1, -0.05) is 12.1 Å². The summed E-state index contributed by atoms with van der Waals surface area (Å²) in [4.78, 5) is 14.0. The number of nitrogens with one attached hydrogen (secondary N) is 1. The number of carbonyl (C=O) groups is 1. The number of rotatable bonds is 6. The fourth-order valence-electron chi connectivity index (χ4n) is 1.52. The molecule has 0 heterocycles. The van der Waals surface area contributed by atoms with Crippen LogP contribution in [-0.2, 0) is 0 Å². The molecule has 0 unspecified atom stereocenters. The summed E-state index contributed by atoms with van der Waals surface area (Å²) in [5.74, 6) is 0.527. The topological polar surface area (TPSA) is 41.6 Å². The third kappa shape index (κ3) is 4.44. The minimum absolute atomic E-state index is 0.0822. The van der Waals surface area contributed by atoms with Crippen LogP contribution >= 0.6 is 0 Å². The highest BCUT2D eigenvalue weighted by Crippen LogP contribution is 2.16. The second-order valence-electron chi connectivity index (χ2n) is 4.11. The Bertz CT molecular complexity index is 364. The predicted octanol–water partition coefficient (Wildman–Crippen LogP) is 1.38. The summed E-state index contributed by atoms with van der Waals surface area (Å²) in [5.41, 5.74) is 0.583. The Hall–Kier alpha value is -1.55. The number of hydrogen-bond acceptors (Lipinski definition) is 3. The van der Waals surface area contributed by atoms with E-state index in [0.717, 1.165) is 13.0 Å². The van der Waals surface area contributed by atoms with Crippen molar-refractivity contribution in [3.8, 4) is 5.75 Å². The summed E-state index contributed by atoms with van der Waals surface area (Å²) in [7, 11) is 5.60. The van der Waals surface area contributed by atoms with Crippen molar-refractivity contribution in [2.45, 2.75) is 6.42 Å². The Kier molecular flexibility index (Phi) is 5.49. The van der Waals surface area contributed by atoms with Crippen molar-refractivity contribution >= 4 is 5.91 Å². The van der Waals surface area contributed by atoms with Crippen molar-refractivity contribution in [3.05, 3.63) is 29.8 Å². The van der Waals surface area contributed by atoms with E-state index in [-0.39, 0.29) is 5.91 Å². The van der Waals surface area contributed by atoms with E-state index in [4.69, 9.17) is 4.74 Å². The average molecular weight is 236 g/mol. The zero-order chi connectivity index (χ0) is 12.7. The van der Waals surface area contributed by atoms with E-state index in [1.165, 1.54) is 0 Å². The molecule has 94 valence electrons. The van der Waals surface area contributed by atoms with Crippen LogP contribution in [0.5, 0.6) is 5.75 Å². The maximum absolute atomic E-state index is 11.9. The summed E-state index contributed by atoms with van der Waals surface area (Å²) in [6.07, 6.45) is 0.938. The molecule has 1 N–H and O–H groups in total. The first kappa shape index (κ1) is 13.5. The van der Waals surface area contributed by atoms with E-state index >= 15 is 0 Å². The Morgan fingerprint density at radius 2 is 2.06 bits per heavy atom.